The normalized spacial score (nSPS) is 13.5. The number of aryl methyl sites for hydroxylation is 2. The summed E-state index contributed by atoms with van der Waals surface area (Å²) in [6, 6.07) is 14.7. The second kappa shape index (κ2) is 10.4. The molecule has 0 bridgehead atoms. The van der Waals surface area contributed by atoms with Crippen molar-refractivity contribution >= 4 is 34.9 Å². The van der Waals surface area contributed by atoms with Crippen LogP contribution in [0.25, 0.3) is 0 Å². The Morgan fingerprint density at radius 2 is 1.66 bits per heavy atom. The summed E-state index contributed by atoms with van der Waals surface area (Å²) in [4.78, 5) is 45.9. The number of methoxy groups -OCH3 is 1. The Morgan fingerprint density at radius 3 is 2.31 bits per heavy atom. The van der Waals surface area contributed by atoms with E-state index in [1.54, 1.807) is 24.4 Å². The van der Waals surface area contributed by atoms with Crippen LogP contribution in [0.3, 0.4) is 0 Å². The number of aromatic nitrogens is 2. The molecule has 0 saturated carbocycles. The smallest absolute Gasteiger partial charge is 0.325 e. The summed E-state index contributed by atoms with van der Waals surface area (Å²) in [5.74, 6) is -0.976. The highest BCUT2D eigenvalue weighted by Gasteiger charge is 2.22. The van der Waals surface area contributed by atoms with Crippen LogP contribution in [0.15, 0.2) is 54.7 Å². The second-order valence-electron chi connectivity index (χ2n) is 8.55. The van der Waals surface area contributed by atoms with Crippen molar-refractivity contribution in [1.82, 2.24) is 9.55 Å². The van der Waals surface area contributed by atoms with Gasteiger partial charge in [-0.2, -0.15) is 0 Å². The van der Waals surface area contributed by atoms with Gasteiger partial charge in [-0.3, -0.25) is 14.4 Å². The van der Waals surface area contributed by atoms with Gasteiger partial charge in [-0.1, -0.05) is 0 Å². The van der Waals surface area contributed by atoms with Crippen molar-refractivity contribution in [3.8, 4) is 0 Å². The van der Waals surface area contributed by atoms with E-state index in [0.717, 1.165) is 43.4 Å². The number of ketones is 1. The SMILES string of the molecule is COC(=O)Cn1cccc1C(=O)C(=O)Nc1ccc(N2CCN(c3cc(C)cc(C)n3)CC2)cc1. The number of rotatable bonds is 7. The lowest BCUT2D eigenvalue weighted by atomic mass is 10.2. The van der Waals surface area contributed by atoms with Crippen LogP contribution in [-0.2, 0) is 20.9 Å². The van der Waals surface area contributed by atoms with Crippen molar-refractivity contribution in [2.24, 2.45) is 0 Å². The molecule has 1 fully saturated rings. The zero-order valence-electron chi connectivity index (χ0n) is 20.2. The van der Waals surface area contributed by atoms with E-state index in [-0.39, 0.29) is 12.2 Å². The molecule has 1 aliphatic rings. The number of amides is 1. The number of hydrogen-bond donors (Lipinski definition) is 1. The van der Waals surface area contributed by atoms with Gasteiger partial charge in [0.1, 0.15) is 12.4 Å². The van der Waals surface area contributed by atoms with Gasteiger partial charge in [0, 0.05) is 49.4 Å². The number of benzene rings is 1. The summed E-state index contributed by atoms with van der Waals surface area (Å²) in [7, 11) is 1.27. The highest BCUT2D eigenvalue weighted by molar-refractivity contribution is 6.46. The van der Waals surface area contributed by atoms with Crippen molar-refractivity contribution in [1.29, 1.82) is 0 Å². The highest BCUT2D eigenvalue weighted by Crippen LogP contribution is 2.22. The molecule has 9 nitrogen and oxygen atoms in total. The Bertz CT molecular complexity index is 1210. The molecule has 35 heavy (non-hydrogen) atoms. The van der Waals surface area contributed by atoms with Gasteiger partial charge in [-0.05, 0) is 67.9 Å². The molecule has 4 rings (SSSR count). The van der Waals surface area contributed by atoms with Crippen LogP contribution in [0, 0.1) is 13.8 Å². The number of esters is 1. The van der Waals surface area contributed by atoms with Gasteiger partial charge in [-0.25, -0.2) is 4.98 Å². The molecule has 2 aromatic heterocycles. The highest BCUT2D eigenvalue weighted by atomic mass is 16.5. The first-order chi connectivity index (χ1) is 16.8. The molecule has 0 spiro atoms. The quantitative estimate of drug-likeness (QED) is 0.319. The van der Waals surface area contributed by atoms with E-state index in [9.17, 15) is 14.4 Å². The molecular formula is C26H29N5O4. The van der Waals surface area contributed by atoms with Gasteiger partial charge < -0.3 is 24.4 Å². The van der Waals surface area contributed by atoms with Crippen LogP contribution in [0.1, 0.15) is 21.7 Å². The third-order valence-electron chi connectivity index (χ3n) is 5.97. The average molecular weight is 476 g/mol. The maximum absolute atomic E-state index is 12.6. The summed E-state index contributed by atoms with van der Waals surface area (Å²) in [5.41, 5.74) is 3.93. The Balaban J connectivity index is 1.34. The van der Waals surface area contributed by atoms with Crippen molar-refractivity contribution in [3.05, 3.63) is 71.7 Å². The summed E-state index contributed by atoms with van der Waals surface area (Å²) in [5, 5.41) is 2.64. The number of Topliss-reactive ketones (excluding diaryl/α,β-unsaturated/α-hetero) is 1. The van der Waals surface area contributed by atoms with Crippen LogP contribution in [0.4, 0.5) is 17.2 Å². The largest absolute Gasteiger partial charge is 0.468 e. The number of hydrogen-bond acceptors (Lipinski definition) is 7. The molecule has 0 atom stereocenters. The Kier molecular flexibility index (Phi) is 7.14. The number of nitrogens with one attached hydrogen (secondary N) is 1. The predicted molar refractivity (Wildman–Crippen MR) is 134 cm³/mol. The molecule has 3 aromatic rings. The Hall–Kier alpha value is -4.14. The summed E-state index contributed by atoms with van der Waals surface area (Å²) in [6.07, 6.45) is 1.56. The van der Waals surface area contributed by atoms with E-state index in [4.69, 9.17) is 0 Å². The monoisotopic (exact) mass is 475 g/mol. The number of piperazine rings is 1. The first-order valence-corrected chi connectivity index (χ1v) is 11.5. The minimum absolute atomic E-state index is 0.126. The van der Waals surface area contributed by atoms with Crippen molar-refractivity contribution in [3.63, 3.8) is 0 Å². The van der Waals surface area contributed by atoms with E-state index in [2.05, 4.69) is 43.9 Å². The van der Waals surface area contributed by atoms with Gasteiger partial charge in [0.15, 0.2) is 0 Å². The second-order valence-corrected chi connectivity index (χ2v) is 8.55. The van der Waals surface area contributed by atoms with Crippen molar-refractivity contribution in [2.75, 3.05) is 48.4 Å². The Morgan fingerprint density at radius 1 is 0.971 bits per heavy atom. The lowest BCUT2D eigenvalue weighted by Crippen LogP contribution is -2.46. The lowest BCUT2D eigenvalue weighted by molar-refractivity contribution is -0.141. The lowest BCUT2D eigenvalue weighted by Gasteiger charge is -2.37. The molecule has 182 valence electrons. The first-order valence-electron chi connectivity index (χ1n) is 11.5. The molecule has 1 N–H and O–H groups in total. The topological polar surface area (TPSA) is 96.8 Å². The molecule has 1 saturated heterocycles. The fourth-order valence-corrected chi connectivity index (χ4v) is 4.20. The number of ether oxygens (including phenoxy) is 1. The molecule has 0 radical (unpaired) electrons. The zero-order valence-corrected chi connectivity index (χ0v) is 20.2. The number of carbonyl (C=O) groups excluding carboxylic acids is 3. The van der Waals surface area contributed by atoms with Crippen LogP contribution in [0.2, 0.25) is 0 Å². The van der Waals surface area contributed by atoms with Crippen LogP contribution in [-0.4, -0.2) is 60.5 Å². The predicted octanol–water partition coefficient (Wildman–Crippen LogP) is 2.82. The molecular weight excluding hydrogens is 446 g/mol. The van der Waals surface area contributed by atoms with Gasteiger partial charge in [0.25, 0.3) is 11.7 Å². The number of nitrogens with zero attached hydrogens (tertiary/aromatic N) is 4. The third-order valence-corrected chi connectivity index (χ3v) is 5.97. The molecule has 1 aliphatic heterocycles. The minimum Gasteiger partial charge on any atom is -0.468 e. The third kappa shape index (κ3) is 5.68. The molecule has 0 aliphatic carbocycles. The van der Waals surface area contributed by atoms with E-state index in [1.807, 2.05) is 19.1 Å². The fraction of sp³-hybridized carbons (Fsp3) is 0.308. The maximum atomic E-state index is 12.6. The molecule has 9 heteroatoms. The van der Waals surface area contributed by atoms with Crippen LogP contribution < -0.4 is 15.1 Å². The number of pyridine rings is 1. The van der Waals surface area contributed by atoms with Gasteiger partial charge in [-0.15, -0.1) is 0 Å². The number of anilines is 3. The van der Waals surface area contributed by atoms with E-state index in [0.29, 0.717) is 5.69 Å². The number of carbonyl (C=O) groups is 3. The molecule has 3 heterocycles. The first kappa shape index (κ1) is 24.0. The van der Waals surface area contributed by atoms with E-state index < -0.39 is 17.7 Å². The minimum atomic E-state index is -0.767. The summed E-state index contributed by atoms with van der Waals surface area (Å²) < 4.78 is 6.02. The molecule has 1 aromatic carbocycles. The molecule has 0 unspecified atom stereocenters. The van der Waals surface area contributed by atoms with Crippen molar-refractivity contribution < 1.29 is 19.1 Å². The average Bonchev–Trinajstić information content (AvgIpc) is 3.31. The fourth-order valence-electron chi connectivity index (χ4n) is 4.20. The standard InChI is InChI=1S/C26H29N5O4/c1-18-15-19(2)27-23(16-18)30-13-11-29(12-14-30)21-8-6-20(7-9-21)28-26(34)25(33)22-5-4-10-31(22)17-24(32)35-3/h4-10,15-16H,11-14,17H2,1-3H3,(H,28,34). The summed E-state index contributed by atoms with van der Waals surface area (Å²) >= 11 is 0. The van der Waals surface area contributed by atoms with E-state index >= 15 is 0 Å². The van der Waals surface area contributed by atoms with Crippen molar-refractivity contribution in [2.45, 2.75) is 20.4 Å². The maximum Gasteiger partial charge on any atom is 0.325 e. The summed E-state index contributed by atoms with van der Waals surface area (Å²) in [6.45, 7) is 7.41. The Labute approximate surface area is 204 Å². The van der Waals surface area contributed by atoms with Crippen LogP contribution >= 0.6 is 0 Å². The molecule has 1 amide bonds. The zero-order chi connectivity index (χ0) is 24.9. The van der Waals surface area contributed by atoms with E-state index in [1.165, 1.54) is 23.3 Å². The van der Waals surface area contributed by atoms with Gasteiger partial charge in [0.05, 0.1) is 12.8 Å². The van der Waals surface area contributed by atoms with Crippen LogP contribution in [0.5, 0.6) is 0 Å². The van der Waals surface area contributed by atoms with Gasteiger partial charge >= 0.3 is 5.97 Å². The van der Waals surface area contributed by atoms with Gasteiger partial charge in [0.2, 0.25) is 0 Å².